The molecule has 1 heterocycles. The lowest BCUT2D eigenvalue weighted by Crippen LogP contribution is -2.29. The minimum absolute atomic E-state index is 0.0283. The maximum absolute atomic E-state index is 12.4. The van der Waals surface area contributed by atoms with Crippen LogP contribution >= 0.6 is 0 Å². The van der Waals surface area contributed by atoms with E-state index in [0.717, 1.165) is 37.1 Å². The molecule has 1 aliphatic rings. The minimum Gasteiger partial charge on any atom is -0.483 e. The van der Waals surface area contributed by atoms with Gasteiger partial charge in [0.2, 0.25) is 0 Å². The van der Waals surface area contributed by atoms with Gasteiger partial charge in [-0.15, -0.1) is 0 Å². The van der Waals surface area contributed by atoms with Crippen molar-refractivity contribution in [2.75, 3.05) is 19.7 Å². The Morgan fingerprint density at radius 1 is 0.943 bits per heavy atom. The van der Waals surface area contributed by atoms with E-state index in [4.69, 9.17) is 4.74 Å². The molecule has 0 unspecified atom stereocenters. The van der Waals surface area contributed by atoms with Crippen LogP contribution in [0, 0.1) is 10.1 Å². The molecule has 1 aliphatic heterocycles. The highest BCUT2D eigenvalue weighted by Crippen LogP contribution is 2.26. The van der Waals surface area contributed by atoms with E-state index < -0.39 is 4.92 Å². The molecule has 8 nitrogen and oxygen atoms in total. The summed E-state index contributed by atoms with van der Waals surface area (Å²) in [5.41, 5.74) is 3.11. The molecule has 3 aromatic rings. The Kier molecular flexibility index (Phi) is 7.72. The van der Waals surface area contributed by atoms with Crippen molar-refractivity contribution in [2.24, 2.45) is 0 Å². The Morgan fingerprint density at radius 3 is 2.34 bits per heavy atom. The Balaban J connectivity index is 1.32. The first-order chi connectivity index (χ1) is 17.0. The van der Waals surface area contributed by atoms with Crippen molar-refractivity contribution in [3.05, 3.63) is 105 Å². The zero-order valence-corrected chi connectivity index (χ0v) is 19.3. The van der Waals surface area contributed by atoms with E-state index in [2.05, 4.69) is 5.32 Å². The predicted octanol–water partition coefficient (Wildman–Crippen LogP) is 4.12. The summed E-state index contributed by atoms with van der Waals surface area (Å²) in [5, 5.41) is 14.0. The molecule has 0 spiro atoms. The summed E-state index contributed by atoms with van der Waals surface area (Å²) in [6, 6.07) is 21.2. The van der Waals surface area contributed by atoms with Gasteiger partial charge >= 0.3 is 0 Å². The number of nitrogens with one attached hydrogen (secondary N) is 1. The number of ether oxygens (including phenoxy) is 1. The third-order valence-corrected chi connectivity index (χ3v) is 5.93. The van der Waals surface area contributed by atoms with Crippen LogP contribution in [0.1, 0.15) is 39.9 Å². The number of hydrogen-bond acceptors (Lipinski definition) is 5. The van der Waals surface area contributed by atoms with Crippen molar-refractivity contribution < 1.29 is 19.2 Å². The van der Waals surface area contributed by atoms with E-state index in [-0.39, 0.29) is 24.1 Å². The Hall–Kier alpha value is -4.20. The average molecular weight is 474 g/mol. The van der Waals surface area contributed by atoms with Gasteiger partial charge in [-0.2, -0.15) is 0 Å². The van der Waals surface area contributed by atoms with Gasteiger partial charge in [-0.3, -0.25) is 19.7 Å². The molecule has 4 rings (SSSR count). The van der Waals surface area contributed by atoms with Crippen molar-refractivity contribution >= 4 is 17.5 Å². The molecule has 0 bridgehead atoms. The molecule has 180 valence electrons. The zero-order chi connectivity index (χ0) is 24.6. The highest BCUT2D eigenvalue weighted by molar-refractivity contribution is 5.94. The molecule has 0 aliphatic carbocycles. The molecule has 1 N–H and O–H groups in total. The minimum atomic E-state index is -0.449. The standard InChI is InChI=1S/C27H27N3O5/c31-26(28-18-21-8-10-22(11-9-21)27(32)29-14-4-5-15-29)19-35-25-13-12-24(30(33)34)17-23(25)16-20-6-2-1-3-7-20/h1-3,6-13,17H,4-5,14-16,18-19H2,(H,28,31). The molecule has 2 amide bonds. The lowest BCUT2D eigenvalue weighted by molar-refractivity contribution is -0.384. The molecular formula is C27H27N3O5. The second kappa shape index (κ2) is 11.3. The van der Waals surface area contributed by atoms with E-state index in [9.17, 15) is 19.7 Å². The lowest BCUT2D eigenvalue weighted by atomic mass is 10.0. The van der Waals surface area contributed by atoms with Crippen molar-refractivity contribution in [1.29, 1.82) is 0 Å². The molecule has 8 heteroatoms. The van der Waals surface area contributed by atoms with E-state index in [1.165, 1.54) is 18.2 Å². The first-order valence-electron chi connectivity index (χ1n) is 11.6. The van der Waals surface area contributed by atoms with E-state index in [1.54, 1.807) is 12.1 Å². The summed E-state index contributed by atoms with van der Waals surface area (Å²) in [4.78, 5) is 37.4. The van der Waals surface area contributed by atoms with Crippen molar-refractivity contribution in [1.82, 2.24) is 10.2 Å². The molecule has 3 aromatic carbocycles. The van der Waals surface area contributed by atoms with Crippen LogP contribution in [0.15, 0.2) is 72.8 Å². The molecule has 0 radical (unpaired) electrons. The highest BCUT2D eigenvalue weighted by Gasteiger charge is 2.19. The average Bonchev–Trinajstić information content (AvgIpc) is 3.42. The first-order valence-corrected chi connectivity index (χ1v) is 11.6. The van der Waals surface area contributed by atoms with Crippen LogP contribution in [-0.4, -0.2) is 41.3 Å². The van der Waals surface area contributed by atoms with E-state index >= 15 is 0 Å². The van der Waals surface area contributed by atoms with Crippen LogP contribution in [0.4, 0.5) is 5.69 Å². The second-order valence-electron chi connectivity index (χ2n) is 8.47. The van der Waals surface area contributed by atoms with Crippen molar-refractivity contribution in [3.63, 3.8) is 0 Å². The van der Waals surface area contributed by atoms with Crippen molar-refractivity contribution in [3.8, 4) is 5.75 Å². The summed E-state index contributed by atoms with van der Waals surface area (Å²) in [7, 11) is 0. The molecule has 35 heavy (non-hydrogen) atoms. The largest absolute Gasteiger partial charge is 0.483 e. The number of nitro benzene ring substituents is 1. The molecule has 1 fully saturated rings. The number of carbonyl (C=O) groups excluding carboxylic acids is 2. The molecular weight excluding hydrogens is 446 g/mol. The van der Waals surface area contributed by atoms with E-state index in [0.29, 0.717) is 29.8 Å². The highest BCUT2D eigenvalue weighted by atomic mass is 16.6. The molecule has 0 atom stereocenters. The van der Waals surface area contributed by atoms with Crippen LogP contribution in [0.2, 0.25) is 0 Å². The fourth-order valence-electron chi connectivity index (χ4n) is 4.04. The number of carbonyl (C=O) groups is 2. The van der Waals surface area contributed by atoms with Gasteiger partial charge in [0, 0.05) is 49.3 Å². The number of nitro groups is 1. The Labute approximate surface area is 203 Å². The van der Waals surface area contributed by atoms with Gasteiger partial charge in [-0.05, 0) is 42.2 Å². The fourth-order valence-corrected chi connectivity index (χ4v) is 4.04. The third kappa shape index (κ3) is 6.44. The number of non-ortho nitro benzene ring substituents is 1. The topological polar surface area (TPSA) is 102 Å². The van der Waals surface area contributed by atoms with Crippen LogP contribution in [-0.2, 0) is 17.8 Å². The number of rotatable bonds is 9. The molecule has 0 saturated carbocycles. The number of benzene rings is 3. The van der Waals surface area contributed by atoms with Gasteiger partial charge in [0.1, 0.15) is 5.75 Å². The van der Waals surface area contributed by atoms with Gasteiger partial charge in [0.25, 0.3) is 17.5 Å². The van der Waals surface area contributed by atoms with Gasteiger partial charge in [0.15, 0.2) is 6.61 Å². The number of amides is 2. The van der Waals surface area contributed by atoms with E-state index in [1.807, 2.05) is 47.4 Å². The zero-order valence-electron chi connectivity index (χ0n) is 19.3. The van der Waals surface area contributed by atoms with Crippen LogP contribution in [0.3, 0.4) is 0 Å². The smallest absolute Gasteiger partial charge is 0.269 e. The Bertz CT molecular complexity index is 1190. The van der Waals surface area contributed by atoms with Gasteiger partial charge in [-0.1, -0.05) is 42.5 Å². The summed E-state index contributed by atoms with van der Waals surface area (Å²) < 4.78 is 5.72. The quantitative estimate of drug-likeness (QED) is 0.372. The summed E-state index contributed by atoms with van der Waals surface area (Å²) in [5.74, 6) is 0.159. The summed E-state index contributed by atoms with van der Waals surface area (Å²) >= 11 is 0. The van der Waals surface area contributed by atoms with Crippen molar-refractivity contribution in [2.45, 2.75) is 25.8 Å². The maximum atomic E-state index is 12.4. The summed E-state index contributed by atoms with van der Waals surface area (Å²) in [6.07, 6.45) is 2.54. The SMILES string of the molecule is O=C(COc1ccc([N+](=O)[O-])cc1Cc1ccccc1)NCc1ccc(C(=O)N2CCCC2)cc1. The molecule has 0 aromatic heterocycles. The second-order valence-corrected chi connectivity index (χ2v) is 8.47. The van der Waals surface area contributed by atoms with Gasteiger partial charge < -0.3 is 15.0 Å². The Morgan fingerprint density at radius 2 is 1.66 bits per heavy atom. The number of likely N-dealkylation sites (tertiary alicyclic amines) is 1. The van der Waals surface area contributed by atoms with Crippen LogP contribution in [0.25, 0.3) is 0 Å². The van der Waals surface area contributed by atoms with Crippen LogP contribution < -0.4 is 10.1 Å². The maximum Gasteiger partial charge on any atom is 0.269 e. The summed E-state index contributed by atoms with van der Waals surface area (Å²) in [6.45, 7) is 1.69. The first kappa shape index (κ1) is 23.9. The predicted molar refractivity (Wildman–Crippen MR) is 131 cm³/mol. The number of nitrogens with zero attached hydrogens (tertiary/aromatic N) is 2. The third-order valence-electron chi connectivity index (χ3n) is 5.93. The van der Waals surface area contributed by atoms with Crippen LogP contribution in [0.5, 0.6) is 5.75 Å². The fraction of sp³-hybridized carbons (Fsp3) is 0.259. The molecule has 1 saturated heterocycles. The van der Waals surface area contributed by atoms with Gasteiger partial charge in [-0.25, -0.2) is 0 Å². The lowest BCUT2D eigenvalue weighted by Gasteiger charge is -2.15. The normalized spacial score (nSPS) is 12.9. The monoisotopic (exact) mass is 473 g/mol. The number of hydrogen-bond donors (Lipinski definition) is 1. The van der Waals surface area contributed by atoms with Gasteiger partial charge in [0.05, 0.1) is 4.92 Å².